The van der Waals surface area contributed by atoms with Crippen LogP contribution in [0.25, 0.3) is 0 Å². The van der Waals surface area contributed by atoms with Crippen molar-refractivity contribution in [2.75, 3.05) is 0 Å². The van der Waals surface area contributed by atoms with E-state index < -0.39 is 0 Å². The lowest BCUT2D eigenvalue weighted by molar-refractivity contribution is 0.475. The number of aromatic hydroxyl groups is 1. The molecule has 1 aromatic rings. The van der Waals surface area contributed by atoms with E-state index in [2.05, 4.69) is 0 Å². The van der Waals surface area contributed by atoms with Crippen LogP contribution in [0.3, 0.4) is 0 Å². The number of phenolic OH excluding ortho intramolecular Hbond substituents is 1. The molecule has 3 heteroatoms. The van der Waals surface area contributed by atoms with Gasteiger partial charge in [0.2, 0.25) is 0 Å². The van der Waals surface area contributed by atoms with Crippen molar-refractivity contribution >= 4 is 5.84 Å². The van der Waals surface area contributed by atoms with Gasteiger partial charge in [-0.1, -0.05) is 6.07 Å². The van der Waals surface area contributed by atoms with Crippen LogP contribution < -0.4 is 5.73 Å². The molecule has 0 aromatic heterocycles. The molecule has 0 amide bonds. The van der Waals surface area contributed by atoms with Gasteiger partial charge in [-0.15, -0.1) is 0 Å². The fourth-order valence-corrected chi connectivity index (χ4v) is 0.900. The second-order valence-corrected chi connectivity index (χ2v) is 2.41. The highest BCUT2D eigenvalue weighted by molar-refractivity contribution is 5.96. The first-order valence-electron chi connectivity index (χ1n) is 3.25. The normalized spacial score (nSPS) is 9.55. The average Bonchev–Trinajstić information content (AvgIpc) is 1.94. The number of hydrogen-bond acceptors (Lipinski definition) is 2. The van der Waals surface area contributed by atoms with Gasteiger partial charge in [0, 0.05) is 5.56 Å². The van der Waals surface area contributed by atoms with Gasteiger partial charge in [-0.2, -0.15) is 0 Å². The van der Waals surface area contributed by atoms with E-state index in [9.17, 15) is 0 Å². The molecule has 3 nitrogen and oxygen atoms in total. The summed E-state index contributed by atoms with van der Waals surface area (Å²) in [5.74, 6) is 0.124. The average molecular weight is 150 g/mol. The summed E-state index contributed by atoms with van der Waals surface area (Å²) in [5.41, 5.74) is 6.74. The third-order valence-electron chi connectivity index (χ3n) is 1.51. The van der Waals surface area contributed by atoms with Crippen molar-refractivity contribution < 1.29 is 5.11 Å². The Morgan fingerprint density at radius 2 is 2.18 bits per heavy atom. The van der Waals surface area contributed by atoms with E-state index in [-0.39, 0.29) is 11.6 Å². The largest absolute Gasteiger partial charge is 0.508 e. The van der Waals surface area contributed by atoms with Crippen LogP contribution in [0.2, 0.25) is 0 Å². The number of aryl methyl sites for hydroxylation is 1. The first-order chi connectivity index (χ1) is 5.11. The molecular weight excluding hydrogens is 140 g/mol. The Morgan fingerprint density at radius 1 is 1.55 bits per heavy atom. The second-order valence-electron chi connectivity index (χ2n) is 2.41. The van der Waals surface area contributed by atoms with Gasteiger partial charge < -0.3 is 10.8 Å². The van der Waals surface area contributed by atoms with Crippen molar-refractivity contribution in [2.45, 2.75) is 6.92 Å². The van der Waals surface area contributed by atoms with Crippen LogP contribution in [0.1, 0.15) is 11.1 Å². The highest BCUT2D eigenvalue weighted by Crippen LogP contribution is 2.14. The standard InChI is InChI=1S/C8H10N2O/c1-5-2-3-6(11)4-7(5)8(9)10/h2-4,11H,1H3,(H3,9,10). The van der Waals surface area contributed by atoms with Gasteiger partial charge in [-0.3, -0.25) is 5.41 Å². The Labute approximate surface area is 65.0 Å². The number of nitrogens with one attached hydrogen (secondary N) is 1. The number of nitrogen functional groups attached to an aromatic ring is 1. The van der Waals surface area contributed by atoms with Gasteiger partial charge in [0.05, 0.1) is 0 Å². The van der Waals surface area contributed by atoms with Crippen LogP contribution in [0.4, 0.5) is 0 Å². The predicted molar refractivity (Wildman–Crippen MR) is 43.9 cm³/mol. The maximum Gasteiger partial charge on any atom is 0.123 e. The molecule has 11 heavy (non-hydrogen) atoms. The van der Waals surface area contributed by atoms with Crippen molar-refractivity contribution in [3.63, 3.8) is 0 Å². The third kappa shape index (κ3) is 1.49. The van der Waals surface area contributed by atoms with Crippen LogP contribution >= 0.6 is 0 Å². The van der Waals surface area contributed by atoms with E-state index in [1.54, 1.807) is 12.1 Å². The first-order valence-corrected chi connectivity index (χ1v) is 3.25. The monoisotopic (exact) mass is 150 g/mol. The van der Waals surface area contributed by atoms with E-state index >= 15 is 0 Å². The minimum Gasteiger partial charge on any atom is -0.508 e. The van der Waals surface area contributed by atoms with Gasteiger partial charge in [0.25, 0.3) is 0 Å². The SMILES string of the molecule is Cc1ccc(O)cc1C(=N)N. The molecule has 0 unspecified atom stereocenters. The molecule has 0 fully saturated rings. The highest BCUT2D eigenvalue weighted by atomic mass is 16.3. The zero-order chi connectivity index (χ0) is 8.43. The van der Waals surface area contributed by atoms with Crippen LogP contribution in [0, 0.1) is 12.3 Å². The number of amidine groups is 1. The maximum atomic E-state index is 9.03. The minimum atomic E-state index is -0.0154. The lowest BCUT2D eigenvalue weighted by atomic mass is 10.1. The van der Waals surface area contributed by atoms with Crippen LogP contribution in [0.5, 0.6) is 5.75 Å². The first kappa shape index (κ1) is 7.60. The van der Waals surface area contributed by atoms with Crippen molar-refractivity contribution in [2.24, 2.45) is 5.73 Å². The zero-order valence-electron chi connectivity index (χ0n) is 6.26. The molecule has 0 atom stereocenters. The van der Waals surface area contributed by atoms with E-state index in [1.807, 2.05) is 6.92 Å². The van der Waals surface area contributed by atoms with Crippen molar-refractivity contribution in [3.05, 3.63) is 29.3 Å². The van der Waals surface area contributed by atoms with Gasteiger partial charge in [0.15, 0.2) is 0 Å². The number of nitrogens with two attached hydrogens (primary N) is 1. The fraction of sp³-hybridized carbons (Fsp3) is 0.125. The van der Waals surface area contributed by atoms with Gasteiger partial charge >= 0.3 is 0 Å². The molecule has 0 radical (unpaired) electrons. The number of phenols is 1. The van der Waals surface area contributed by atoms with Crippen LogP contribution in [-0.2, 0) is 0 Å². The molecule has 0 bridgehead atoms. The van der Waals surface area contributed by atoms with Crippen LogP contribution in [0.15, 0.2) is 18.2 Å². The Balaban J connectivity index is 3.23. The molecule has 0 heterocycles. The van der Waals surface area contributed by atoms with Crippen molar-refractivity contribution in [3.8, 4) is 5.75 Å². The smallest absolute Gasteiger partial charge is 0.123 e. The zero-order valence-corrected chi connectivity index (χ0v) is 6.26. The molecule has 58 valence electrons. The summed E-state index contributed by atoms with van der Waals surface area (Å²) in [4.78, 5) is 0. The summed E-state index contributed by atoms with van der Waals surface area (Å²) in [5, 5.41) is 16.2. The van der Waals surface area contributed by atoms with Gasteiger partial charge in [-0.05, 0) is 24.6 Å². The lowest BCUT2D eigenvalue weighted by Gasteiger charge is -2.02. The maximum absolute atomic E-state index is 9.03. The van der Waals surface area contributed by atoms with Crippen molar-refractivity contribution in [1.29, 1.82) is 5.41 Å². The Morgan fingerprint density at radius 3 is 2.64 bits per heavy atom. The molecule has 4 N–H and O–H groups in total. The number of benzene rings is 1. The molecule has 0 aliphatic rings. The molecule has 0 aliphatic carbocycles. The summed E-state index contributed by atoms with van der Waals surface area (Å²) in [6, 6.07) is 4.78. The molecule has 0 saturated carbocycles. The van der Waals surface area contributed by atoms with Gasteiger partial charge in [-0.25, -0.2) is 0 Å². The minimum absolute atomic E-state index is 0.0154. The number of hydrogen-bond donors (Lipinski definition) is 3. The van der Waals surface area contributed by atoms with E-state index in [0.717, 1.165) is 5.56 Å². The van der Waals surface area contributed by atoms with E-state index in [4.69, 9.17) is 16.2 Å². The summed E-state index contributed by atoms with van der Waals surface area (Å²) in [6.07, 6.45) is 0. The van der Waals surface area contributed by atoms with Crippen molar-refractivity contribution in [1.82, 2.24) is 0 Å². The molecular formula is C8H10N2O. The third-order valence-corrected chi connectivity index (χ3v) is 1.51. The Hall–Kier alpha value is -1.51. The molecule has 1 aromatic carbocycles. The lowest BCUT2D eigenvalue weighted by Crippen LogP contribution is -2.12. The Kier molecular flexibility index (Phi) is 1.81. The van der Waals surface area contributed by atoms with Gasteiger partial charge in [0.1, 0.15) is 11.6 Å². The number of rotatable bonds is 1. The molecule has 0 spiro atoms. The molecule has 0 saturated heterocycles. The molecule has 0 aliphatic heterocycles. The van der Waals surface area contributed by atoms with Crippen LogP contribution in [-0.4, -0.2) is 10.9 Å². The topological polar surface area (TPSA) is 70.1 Å². The summed E-state index contributed by atoms with van der Waals surface area (Å²) in [7, 11) is 0. The summed E-state index contributed by atoms with van der Waals surface area (Å²) >= 11 is 0. The second kappa shape index (κ2) is 2.62. The molecule has 1 rings (SSSR count). The summed E-state index contributed by atoms with van der Waals surface area (Å²) in [6.45, 7) is 1.84. The fourth-order valence-electron chi connectivity index (χ4n) is 0.900. The van der Waals surface area contributed by atoms with E-state index in [1.165, 1.54) is 6.07 Å². The van der Waals surface area contributed by atoms with E-state index in [0.29, 0.717) is 5.56 Å². The quantitative estimate of drug-likeness (QED) is 0.412. The highest BCUT2D eigenvalue weighted by Gasteiger charge is 2.01. The summed E-state index contributed by atoms with van der Waals surface area (Å²) < 4.78 is 0. The predicted octanol–water partition coefficient (Wildman–Crippen LogP) is 0.985. The Bertz CT molecular complexity index is 294.